The number of rotatable bonds is 6. The zero-order valence-corrected chi connectivity index (χ0v) is 21.9. The number of fused-ring (bicyclic) bond motifs is 1. The van der Waals surface area contributed by atoms with E-state index in [-0.39, 0.29) is 17.4 Å². The van der Waals surface area contributed by atoms with E-state index in [4.69, 9.17) is 4.74 Å². The number of amides is 1. The van der Waals surface area contributed by atoms with E-state index in [0.717, 1.165) is 16.5 Å². The summed E-state index contributed by atoms with van der Waals surface area (Å²) in [4.78, 5) is 30.4. The Morgan fingerprint density at radius 3 is 2.16 bits per heavy atom. The van der Waals surface area contributed by atoms with E-state index < -0.39 is 17.7 Å². The lowest BCUT2D eigenvalue weighted by Gasteiger charge is -2.26. The molecule has 6 nitrogen and oxygen atoms in total. The molecule has 38 heavy (non-hydrogen) atoms. The van der Waals surface area contributed by atoms with Gasteiger partial charge in [-0.2, -0.15) is 0 Å². The van der Waals surface area contributed by atoms with Crippen LogP contribution in [0.4, 0.5) is 11.4 Å². The van der Waals surface area contributed by atoms with Gasteiger partial charge in [-0.3, -0.25) is 14.5 Å². The molecule has 4 aromatic rings. The molecule has 1 N–H and O–H groups in total. The third-order valence-corrected chi connectivity index (χ3v) is 6.68. The number of aliphatic hydroxyl groups is 1. The Kier molecular flexibility index (Phi) is 6.64. The van der Waals surface area contributed by atoms with E-state index in [0.29, 0.717) is 22.6 Å². The second kappa shape index (κ2) is 10.1. The van der Waals surface area contributed by atoms with Crippen molar-refractivity contribution in [2.24, 2.45) is 0 Å². The molecule has 1 amide bonds. The number of ether oxygens (including phenoxy) is 1. The molecule has 0 aromatic heterocycles. The summed E-state index contributed by atoms with van der Waals surface area (Å²) in [5.74, 6) is -0.920. The molecule has 6 heteroatoms. The van der Waals surface area contributed by atoms with Gasteiger partial charge in [0.1, 0.15) is 11.5 Å². The zero-order chi connectivity index (χ0) is 27.0. The summed E-state index contributed by atoms with van der Waals surface area (Å²) in [5, 5.41) is 13.4. The van der Waals surface area contributed by atoms with Crippen LogP contribution in [0.1, 0.15) is 31.0 Å². The first-order valence-corrected chi connectivity index (χ1v) is 12.6. The summed E-state index contributed by atoms with van der Waals surface area (Å²) in [6, 6.07) is 27.2. The van der Waals surface area contributed by atoms with Gasteiger partial charge in [0.05, 0.1) is 17.7 Å². The average molecular weight is 507 g/mol. The minimum atomic E-state index is -0.806. The lowest BCUT2D eigenvalue weighted by Crippen LogP contribution is -2.29. The van der Waals surface area contributed by atoms with Gasteiger partial charge in [0.2, 0.25) is 0 Å². The Bertz CT molecular complexity index is 1540. The fourth-order valence-corrected chi connectivity index (χ4v) is 4.82. The van der Waals surface area contributed by atoms with Gasteiger partial charge in [0, 0.05) is 31.0 Å². The third-order valence-electron chi connectivity index (χ3n) is 6.68. The molecule has 1 aliphatic heterocycles. The highest BCUT2D eigenvalue weighted by Crippen LogP contribution is 2.43. The number of carbonyl (C=O) groups excluding carboxylic acids is 2. The Hall–Kier alpha value is -4.58. The molecule has 5 rings (SSSR count). The van der Waals surface area contributed by atoms with Crippen LogP contribution in [0.3, 0.4) is 0 Å². The van der Waals surface area contributed by atoms with E-state index in [1.54, 1.807) is 6.07 Å². The molecule has 0 radical (unpaired) electrons. The molecule has 1 fully saturated rings. The number of aliphatic hydroxyl groups excluding tert-OH is 1. The van der Waals surface area contributed by atoms with Crippen LogP contribution in [0.15, 0.2) is 96.6 Å². The van der Waals surface area contributed by atoms with E-state index in [1.165, 1.54) is 4.90 Å². The molecule has 1 heterocycles. The number of Topliss-reactive ketones (excluding diaryl/α,β-unsaturated/α-hetero) is 1. The van der Waals surface area contributed by atoms with E-state index in [1.807, 2.05) is 118 Å². The highest BCUT2D eigenvalue weighted by atomic mass is 16.5. The summed E-state index contributed by atoms with van der Waals surface area (Å²) in [7, 11) is 3.87. The molecule has 0 saturated carbocycles. The molecule has 4 aromatic carbocycles. The van der Waals surface area contributed by atoms with Crippen LogP contribution < -0.4 is 14.5 Å². The quantitative estimate of drug-likeness (QED) is 0.188. The molecule has 1 unspecified atom stereocenters. The Balaban J connectivity index is 1.66. The highest BCUT2D eigenvalue weighted by molar-refractivity contribution is 6.51. The number of benzene rings is 4. The van der Waals surface area contributed by atoms with Crippen molar-refractivity contribution >= 4 is 39.6 Å². The first kappa shape index (κ1) is 25.1. The monoisotopic (exact) mass is 506 g/mol. The lowest BCUT2D eigenvalue weighted by molar-refractivity contribution is -0.132. The van der Waals surface area contributed by atoms with Crippen molar-refractivity contribution in [1.82, 2.24) is 0 Å². The molecule has 1 aliphatic rings. The van der Waals surface area contributed by atoms with Gasteiger partial charge in [-0.25, -0.2) is 0 Å². The maximum absolute atomic E-state index is 13.5. The summed E-state index contributed by atoms with van der Waals surface area (Å²) in [6.45, 7) is 3.90. The molecule has 0 spiro atoms. The highest BCUT2D eigenvalue weighted by Gasteiger charge is 2.47. The Labute approximate surface area is 222 Å². The van der Waals surface area contributed by atoms with Crippen LogP contribution in [-0.4, -0.2) is 37.0 Å². The van der Waals surface area contributed by atoms with Crippen molar-refractivity contribution in [3.63, 3.8) is 0 Å². The molecule has 0 bridgehead atoms. The maximum atomic E-state index is 13.5. The fraction of sp³-hybridized carbons (Fsp3) is 0.188. The van der Waals surface area contributed by atoms with Gasteiger partial charge in [-0.15, -0.1) is 0 Å². The minimum Gasteiger partial charge on any atom is -0.507 e. The minimum absolute atomic E-state index is 0.00889. The normalized spacial score (nSPS) is 16.9. The second-order valence-electron chi connectivity index (χ2n) is 9.88. The van der Waals surface area contributed by atoms with Crippen LogP contribution in [0.5, 0.6) is 5.75 Å². The summed E-state index contributed by atoms with van der Waals surface area (Å²) >= 11 is 0. The molecule has 1 saturated heterocycles. The molecular weight excluding hydrogens is 476 g/mol. The summed E-state index contributed by atoms with van der Waals surface area (Å²) in [5.41, 5.74) is 2.77. The van der Waals surface area contributed by atoms with Crippen molar-refractivity contribution in [3.8, 4) is 5.75 Å². The van der Waals surface area contributed by atoms with Crippen LogP contribution in [0.25, 0.3) is 16.5 Å². The predicted molar refractivity (Wildman–Crippen MR) is 152 cm³/mol. The van der Waals surface area contributed by atoms with Crippen molar-refractivity contribution in [1.29, 1.82) is 0 Å². The van der Waals surface area contributed by atoms with Crippen molar-refractivity contribution < 1.29 is 19.4 Å². The fourth-order valence-electron chi connectivity index (χ4n) is 4.82. The van der Waals surface area contributed by atoms with Gasteiger partial charge in [0.25, 0.3) is 11.7 Å². The number of carbonyl (C=O) groups is 2. The largest absolute Gasteiger partial charge is 0.507 e. The number of hydrogen-bond donors (Lipinski definition) is 1. The standard InChI is InChI=1S/C32H30N2O4/c1-20(2)38-27-17-11-22(12-18-27)29-28(30(35)24-10-9-21-7-5-6-8-23(21)19-24)31(36)32(37)34(29)26-15-13-25(14-16-26)33(3)4/h5-20,29,35H,1-4H3/b30-28-. The molecular formula is C32H30N2O4. The van der Waals surface area contributed by atoms with Crippen molar-refractivity contribution in [2.45, 2.75) is 26.0 Å². The molecule has 192 valence electrons. The van der Waals surface area contributed by atoms with Gasteiger partial charge < -0.3 is 14.7 Å². The van der Waals surface area contributed by atoms with Crippen molar-refractivity contribution in [2.75, 3.05) is 23.9 Å². The molecule has 0 aliphatic carbocycles. The predicted octanol–water partition coefficient (Wildman–Crippen LogP) is 6.32. The SMILES string of the molecule is CC(C)Oc1ccc(C2/C(=C(/O)c3ccc4ccccc4c3)C(=O)C(=O)N2c2ccc(N(C)C)cc2)cc1. The smallest absolute Gasteiger partial charge is 0.300 e. The number of hydrogen-bond acceptors (Lipinski definition) is 5. The van der Waals surface area contributed by atoms with Gasteiger partial charge >= 0.3 is 0 Å². The van der Waals surface area contributed by atoms with E-state index in [9.17, 15) is 14.7 Å². The van der Waals surface area contributed by atoms with E-state index >= 15 is 0 Å². The Morgan fingerprint density at radius 1 is 0.868 bits per heavy atom. The lowest BCUT2D eigenvalue weighted by atomic mass is 9.94. The third kappa shape index (κ3) is 4.61. The van der Waals surface area contributed by atoms with Crippen LogP contribution >= 0.6 is 0 Å². The number of anilines is 2. The van der Waals surface area contributed by atoms with Crippen LogP contribution in [-0.2, 0) is 9.59 Å². The topological polar surface area (TPSA) is 70.1 Å². The van der Waals surface area contributed by atoms with Crippen LogP contribution in [0, 0.1) is 0 Å². The first-order valence-electron chi connectivity index (χ1n) is 12.6. The number of nitrogens with zero attached hydrogens (tertiary/aromatic N) is 2. The van der Waals surface area contributed by atoms with Crippen molar-refractivity contribution in [3.05, 3.63) is 108 Å². The van der Waals surface area contributed by atoms with Gasteiger partial charge in [-0.1, -0.05) is 48.5 Å². The average Bonchev–Trinajstić information content (AvgIpc) is 3.18. The summed E-state index contributed by atoms with van der Waals surface area (Å²) in [6.07, 6.45) is 0.00889. The van der Waals surface area contributed by atoms with E-state index in [2.05, 4.69) is 0 Å². The first-order chi connectivity index (χ1) is 18.2. The molecule has 1 atom stereocenters. The second-order valence-corrected chi connectivity index (χ2v) is 9.88. The summed E-state index contributed by atoms with van der Waals surface area (Å²) < 4.78 is 5.79. The van der Waals surface area contributed by atoms with Gasteiger partial charge in [0.15, 0.2) is 0 Å². The van der Waals surface area contributed by atoms with Gasteiger partial charge in [-0.05, 0) is 72.6 Å². The maximum Gasteiger partial charge on any atom is 0.300 e. The Morgan fingerprint density at radius 2 is 1.53 bits per heavy atom. The number of ketones is 1. The zero-order valence-electron chi connectivity index (χ0n) is 21.9. The van der Waals surface area contributed by atoms with Crippen LogP contribution in [0.2, 0.25) is 0 Å².